The molecule has 0 saturated carbocycles. The summed E-state index contributed by atoms with van der Waals surface area (Å²) >= 11 is 3.55. The van der Waals surface area contributed by atoms with E-state index in [0.29, 0.717) is 6.04 Å². The smallest absolute Gasteiger partial charge is 0.0635 e. The normalized spacial score (nSPS) is 21.5. The standard InChI is InChI=1S/C15H23BrN2O/c1-11(17-2)14-9-12(16)6-7-15(14)18-8-4-3-5-13(18)10-19/h6-7,9,11,13,17,19H,3-5,8,10H2,1-2H3. The molecule has 19 heavy (non-hydrogen) atoms. The van der Waals surface area contributed by atoms with Crippen LogP contribution < -0.4 is 10.2 Å². The minimum absolute atomic E-state index is 0.240. The van der Waals surface area contributed by atoms with Gasteiger partial charge in [0.2, 0.25) is 0 Å². The maximum absolute atomic E-state index is 9.60. The number of nitrogens with zero attached hydrogens (tertiary/aromatic N) is 1. The van der Waals surface area contributed by atoms with E-state index in [-0.39, 0.29) is 12.6 Å². The van der Waals surface area contributed by atoms with Crippen LogP contribution in [-0.4, -0.2) is 31.3 Å². The summed E-state index contributed by atoms with van der Waals surface area (Å²) in [5, 5.41) is 12.9. The molecule has 1 aliphatic heterocycles. The van der Waals surface area contributed by atoms with E-state index in [2.05, 4.69) is 51.3 Å². The van der Waals surface area contributed by atoms with Gasteiger partial charge in [-0.05, 0) is 57.0 Å². The van der Waals surface area contributed by atoms with Crippen LogP contribution in [0.3, 0.4) is 0 Å². The van der Waals surface area contributed by atoms with E-state index in [1.165, 1.54) is 24.1 Å². The number of anilines is 1. The van der Waals surface area contributed by atoms with Crippen molar-refractivity contribution in [2.75, 3.05) is 25.1 Å². The van der Waals surface area contributed by atoms with Gasteiger partial charge in [0.15, 0.2) is 0 Å². The highest BCUT2D eigenvalue weighted by Gasteiger charge is 2.24. The van der Waals surface area contributed by atoms with Gasteiger partial charge >= 0.3 is 0 Å². The Bertz CT molecular complexity index is 425. The van der Waals surface area contributed by atoms with Crippen molar-refractivity contribution in [3.63, 3.8) is 0 Å². The number of aliphatic hydroxyl groups is 1. The molecule has 4 heteroatoms. The number of benzene rings is 1. The van der Waals surface area contributed by atoms with Gasteiger partial charge in [-0.1, -0.05) is 15.9 Å². The molecule has 2 unspecified atom stereocenters. The van der Waals surface area contributed by atoms with Crippen LogP contribution >= 0.6 is 15.9 Å². The maximum Gasteiger partial charge on any atom is 0.0635 e. The predicted octanol–water partition coefficient (Wildman–Crippen LogP) is 3.08. The molecular formula is C15H23BrN2O. The molecule has 1 aliphatic rings. The number of rotatable bonds is 4. The van der Waals surface area contributed by atoms with E-state index in [4.69, 9.17) is 0 Å². The van der Waals surface area contributed by atoms with Gasteiger partial charge < -0.3 is 15.3 Å². The van der Waals surface area contributed by atoms with Crippen LogP contribution in [0.4, 0.5) is 5.69 Å². The molecule has 0 aliphatic carbocycles. The molecule has 0 amide bonds. The lowest BCUT2D eigenvalue weighted by atomic mass is 9.98. The zero-order valence-electron chi connectivity index (χ0n) is 11.7. The maximum atomic E-state index is 9.60. The van der Waals surface area contributed by atoms with Crippen molar-refractivity contribution in [1.29, 1.82) is 0 Å². The van der Waals surface area contributed by atoms with Crippen LogP contribution in [0.5, 0.6) is 0 Å². The van der Waals surface area contributed by atoms with Crippen LogP contribution in [0.25, 0.3) is 0 Å². The van der Waals surface area contributed by atoms with Gasteiger partial charge in [0.05, 0.1) is 12.6 Å². The summed E-state index contributed by atoms with van der Waals surface area (Å²) in [5.41, 5.74) is 2.54. The van der Waals surface area contributed by atoms with Gasteiger partial charge in [0, 0.05) is 22.7 Å². The first-order valence-electron chi connectivity index (χ1n) is 7.01. The zero-order chi connectivity index (χ0) is 13.8. The highest BCUT2D eigenvalue weighted by molar-refractivity contribution is 9.10. The molecule has 2 atom stereocenters. The summed E-state index contributed by atoms with van der Waals surface area (Å²) in [5.74, 6) is 0. The Morgan fingerprint density at radius 2 is 2.26 bits per heavy atom. The average Bonchev–Trinajstić information content (AvgIpc) is 2.46. The Hall–Kier alpha value is -0.580. The van der Waals surface area contributed by atoms with E-state index in [0.717, 1.165) is 17.4 Å². The van der Waals surface area contributed by atoms with Gasteiger partial charge in [0.25, 0.3) is 0 Å². The molecule has 3 nitrogen and oxygen atoms in total. The lowest BCUT2D eigenvalue weighted by Crippen LogP contribution is -2.42. The molecule has 0 aromatic heterocycles. The van der Waals surface area contributed by atoms with E-state index in [9.17, 15) is 5.11 Å². The second-order valence-corrected chi connectivity index (χ2v) is 6.15. The largest absolute Gasteiger partial charge is 0.394 e. The zero-order valence-corrected chi connectivity index (χ0v) is 13.3. The number of nitrogens with one attached hydrogen (secondary N) is 1. The fraction of sp³-hybridized carbons (Fsp3) is 0.600. The van der Waals surface area contributed by atoms with Crippen molar-refractivity contribution in [3.8, 4) is 0 Å². The highest BCUT2D eigenvalue weighted by Crippen LogP contribution is 2.33. The number of halogens is 1. The fourth-order valence-electron chi connectivity index (χ4n) is 2.80. The summed E-state index contributed by atoms with van der Waals surface area (Å²) < 4.78 is 1.10. The first-order valence-corrected chi connectivity index (χ1v) is 7.81. The third-order valence-electron chi connectivity index (χ3n) is 4.04. The summed E-state index contributed by atoms with van der Waals surface area (Å²) in [4.78, 5) is 2.37. The minimum atomic E-state index is 0.240. The molecular weight excluding hydrogens is 304 g/mol. The summed E-state index contributed by atoms with van der Waals surface area (Å²) in [6, 6.07) is 7.00. The Morgan fingerprint density at radius 1 is 1.47 bits per heavy atom. The average molecular weight is 327 g/mol. The molecule has 0 radical (unpaired) electrons. The lowest BCUT2D eigenvalue weighted by molar-refractivity contribution is 0.240. The van der Waals surface area contributed by atoms with E-state index < -0.39 is 0 Å². The number of aliphatic hydroxyl groups excluding tert-OH is 1. The van der Waals surface area contributed by atoms with E-state index in [1.54, 1.807) is 0 Å². The van der Waals surface area contributed by atoms with Gasteiger partial charge in [-0.15, -0.1) is 0 Å². The first-order chi connectivity index (χ1) is 9.17. The number of piperidine rings is 1. The van der Waals surface area contributed by atoms with Gasteiger partial charge in [-0.2, -0.15) is 0 Å². The van der Waals surface area contributed by atoms with Crippen LogP contribution in [0.2, 0.25) is 0 Å². The van der Waals surface area contributed by atoms with Crippen molar-refractivity contribution in [3.05, 3.63) is 28.2 Å². The summed E-state index contributed by atoms with van der Waals surface area (Å²) in [6.07, 6.45) is 3.51. The van der Waals surface area contributed by atoms with Gasteiger partial charge in [0.1, 0.15) is 0 Å². The molecule has 1 aromatic rings. The van der Waals surface area contributed by atoms with Crippen molar-refractivity contribution >= 4 is 21.6 Å². The molecule has 2 N–H and O–H groups in total. The molecule has 2 rings (SSSR count). The third kappa shape index (κ3) is 3.30. The number of hydrogen-bond acceptors (Lipinski definition) is 3. The van der Waals surface area contributed by atoms with Crippen LogP contribution in [-0.2, 0) is 0 Å². The van der Waals surface area contributed by atoms with Gasteiger partial charge in [-0.25, -0.2) is 0 Å². The predicted molar refractivity (Wildman–Crippen MR) is 83.7 cm³/mol. The molecule has 0 spiro atoms. The second-order valence-electron chi connectivity index (χ2n) is 5.24. The van der Waals surface area contributed by atoms with Crippen molar-refractivity contribution < 1.29 is 5.11 Å². The van der Waals surface area contributed by atoms with Crippen LogP contribution in [0.15, 0.2) is 22.7 Å². The first kappa shape index (κ1) is 14.8. The molecule has 1 saturated heterocycles. The third-order valence-corrected chi connectivity index (χ3v) is 4.53. The van der Waals surface area contributed by atoms with Crippen LogP contribution in [0, 0.1) is 0 Å². The minimum Gasteiger partial charge on any atom is -0.394 e. The number of hydrogen-bond donors (Lipinski definition) is 2. The quantitative estimate of drug-likeness (QED) is 0.892. The Kier molecular flexibility index (Phi) is 5.25. The van der Waals surface area contributed by atoms with E-state index in [1.807, 2.05) is 7.05 Å². The van der Waals surface area contributed by atoms with E-state index >= 15 is 0 Å². The Labute approximate surface area is 124 Å². The summed E-state index contributed by atoms with van der Waals surface area (Å²) in [6.45, 7) is 3.45. The van der Waals surface area contributed by atoms with Crippen molar-refractivity contribution in [2.45, 2.75) is 38.3 Å². The summed E-state index contributed by atoms with van der Waals surface area (Å²) in [7, 11) is 1.98. The van der Waals surface area contributed by atoms with Crippen LogP contribution in [0.1, 0.15) is 37.8 Å². The molecule has 1 aromatic carbocycles. The molecule has 1 heterocycles. The molecule has 0 bridgehead atoms. The molecule has 106 valence electrons. The lowest BCUT2D eigenvalue weighted by Gasteiger charge is -2.38. The molecule has 1 fully saturated rings. The highest BCUT2D eigenvalue weighted by atomic mass is 79.9. The van der Waals surface area contributed by atoms with Crippen molar-refractivity contribution in [1.82, 2.24) is 5.32 Å². The fourth-order valence-corrected chi connectivity index (χ4v) is 3.18. The topological polar surface area (TPSA) is 35.5 Å². The SMILES string of the molecule is CNC(C)c1cc(Br)ccc1N1CCCCC1CO. The Morgan fingerprint density at radius 3 is 2.95 bits per heavy atom. The second kappa shape index (κ2) is 6.73. The Balaban J connectivity index is 2.36. The van der Waals surface area contributed by atoms with Crippen molar-refractivity contribution in [2.24, 2.45) is 0 Å². The van der Waals surface area contributed by atoms with Gasteiger partial charge in [-0.3, -0.25) is 0 Å². The monoisotopic (exact) mass is 326 g/mol.